The van der Waals surface area contributed by atoms with E-state index in [1.807, 2.05) is 0 Å². The maximum Gasteiger partial charge on any atom is -0.147 e. The van der Waals surface area contributed by atoms with Gasteiger partial charge in [0.25, 0.3) is 0 Å². The molecule has 0 heterocycles. The molecule has 0 nitrogen and oxygen atoms in total. The van der Waals surface area contributed by atoms with Gasteiger partial charge in [0.05, 0.1) is 0 Å². The third kappa shape index (κ3) is 5.41. The molecule has 0 bridgehead atoms. The molecule has 0 amide bonds. The summed E-state index contributed by atoms with van der Waals surface area (Å²) in [5, 5.41) is 5.58. The third-order valence-electron chi connectivity index (χ3n) is 10.1. The van der Waals surface area contributed by atoms with Crippen molar-refractivity contribution in [3.63, 3.8) is 0 Å². The number of allylic oxidation sites excluding steroid dienone is 4. The summed E-state index contributed by atoms with van der Waals surface area (Å²) in [6.45, 7) is 4.99. The van der Waals surface area contributed by atoms with Crippen LogP contribution in [0.3, 0.4) is 0 Å². The second kappa shape index (κ2) is 13.8. The number of benzene rings is 6. The summed E-state index contributed by atoms with van der Waals surface area (Å²) in [6.07, 6.45) is 8.32. The van der Waals surface area contributed by atoms with E-state index in [1.165, 1.54) is 43.8 Å². The van der Waals surface area contributed by atoms with E-state index in [0.717, 1.165) is 6.42 Å². The number of rotatable bonds is 6. The molecule has 0 radical (unpaired) electrons. The first kappa shape index (κ1) is 32.6. The van der Waals surface area contributed by atoms with Gasteiger partial charge in [-0.1, -0.05) is 0 Å². The molecular weight excluding hydrogens is 679 g/mol. The van der Waals surface area contributed by atoms with E-state index in [4.69, 9.17) is 0 Å². The van der Waals surface area contributed by atoms with Crippen LogP contribution in [0.2, 0.25) is 0 Å². The standard InChI is InChI=1S/C21H13.C17H18.C5H5.2ClH.Zr/c1-2-8-15-14(7-1)13-20-18-11-4-3-9-16(18)17-10-5-6-12-19(17)21(15)20;1-14(16-9-5-3-6-10-16)13-15(2)17-11-7-4-8-12-17;1-2-4-5-3-1;;;/h1-13H;3-12,14-15H,1-2H3;1-3H,4H2;2*1H;. The van der Waals surface area contributed by atoms with Crippen molar-refractivity contribution in [2.45, 2.75) is 35.7 Å². The van der Waals surface area contributed by atoms with Gasteiger partial charge in [0.1, 0.15) is 0 Å². The largest absolute Gasteiger partial charge is 0.147 e. The summed E-state index contributed by atoms with van der Waals surface area (Å²) in [5.74, 6) is 0.732. The van der Waals surface area contributed by atoms with Crippen LogP contribution < -0.4 is 0 Å². The topological polar surface area (TPSA) is 0 Å². The monoisotopic (exact) mass is 714 g/mol. The van der Waals surface area contributed by atoms with Gasteiger partial charge >= 0.3 is 270 Å². The molecule has 3 atom stereocenters. The summed E-state index contributed by atoms with van der Waals surface area (Å²) in [7, 11) is 0. The Kier molecular flexibility index (Phi) is 9.77. The Hall–Kier alpha value is -3.35. The van der Waals surface area contributed by atoms with Crippen molar-refractivity contribution in [3.05, 3.63) is 177 Å². The van der Waals surface area contributed by atoms with Crippen LogP contribution in [-0.4, -0.2) is 3.21 Å². The van der Waals surface area contributed by atoms with E-state index in [1.54, 1.807) is 17.6 Å². The fourth-order valence-electron chi connectivity index (χ4n) is 8.06. The molecule has 0 saturated carbocycles. The zero-order valence-electron chi connectivity index (χ0n) is 26.2. The van der Waals surface area contributed by atoms with E-state index >= 15 is 0 Å². The smallest absolute Gasteiger partial charge is 0.147 e. The van der Waals surface area contributed by atoms with Gasteiger partial charge < -0.3 is 0 Å². The van der Waals surface area contributed by atoms with Crippen LogP contribution in [0.5, 0.6) is 0 Å². The van der Waals surface area contributed by atoms with Gasteiger partial charge in [0, 0.05) is 0 Å². The fraction of sp³-hybridized carbons (Fsp3) is 0.140. The minimum Gasteiger partial charge on any atom is -0.147 e. The molecule has 0 fully saturated rings. The SMILES string of the molecule is CC([C](C(C)c1ccccc1)=[Zr]([C]1=CC=CC1)[CH]1c2ccccc2-c2c1c1ccccc1c1ccccc21)c1ccccc1.Cl.Cl. The van der Waals surface area contributed by atoms with Gasteiger partial charge in [0.2, 0.25) is 0 Å². The Morgan fingerprint density at radius 1 is 0.587 bits per heavy atom. The maximum atomic E-state index is 2.51. The Morgan fingerprint density at radius 2 is 1.09 bits per heavy atom. The Balaban J connectivity index is 0.00000186. The molecule has 2 aliphatic rings. The zero-order valence-corrected chi connectivity index (χ0v) is 30.3. The molecule has 3 heteroatoms. The second-order valence-electron chi connectivity index (χ2n) is 12.4. The number of halogens is 2. The predicted octanol–water partition coefficient (Wildman–Crippen LogP) is 12.1. The molecule has 8 rings (SSSR count). The molecule has 0 aliphatic heterocycles. The fourth-order valence-corrected chi connectivity index (χ4v) is 18.2. The first-order valence-corrected chi connectivity index (χ1v) is 19.8. The van der Waals surface area contributed by atoms with Crippen LogP contribution in [0.1, 0.15) is 58.0 Å². The number of fused-ring (bicyclic) bond motifs is 8. The Labute approximate surface area is 292 Å². The number of hydrogen-bond acceptors (Lipinski definition) is 0. The summed E-state index contributed by atoms with van der Waals surface area (Å²) < 4.78 is 3.93. The molecule has 46 heavy (non-hydrogen) atoms. The minimum atomic E-state index is -2.73. The normalized spacial score (nSPS) is 15.7. The quantitative estimate of drug-likeness (QED) is 0.151. The molecule has 2 aliphatic carbocycles. The molecule has 0 aromatic heterocycles. The van der Waals surface area contributed by atoms with Gasteiger partial charge in [-0.3, -0.25) is 0 Å². The van der Waals surface area contributed by atoms with Crippen LogP contribution in [-0.2, 0) is 21.3 Å². The molecule has 228 valence electrons. The first-order valence-electron chi connectivity index (χ1n) is 15.9. The van der Waals surface area contributed by atoms with Gasteiger partial charge in [-0.15, -0.1) is 24.8 Å². The molecule has 0 N–H and O–H groups in total. The third-order valence-corrected chi connectivity index (χ3v) is 19.2. The molecule has 0 spiro atoms. The molecule has 6 aromatic carbocycles. The van der Waals surface area contributed by atoms with Gasteiger partial charge in [0.15, 0.2) is 0 Å². The Bertz CT molecular complexity index is 2080. The van der Waals surface area contributed by atoms with Crippen molar-refractivity contribution in [2.75, 3.05) is 0 Å². The van der Waals surface area contributed by atoms with Crippen molar-refractivity contribution >= 4 is 49.6 Å². The van der Waals surface area contributed by atoms with Crippen molar-refractivity contribution in [1.29, 1.82) is 0 Å². The van der Waals surface area contributed by atoms with Gasteiger partial charge in [-0.25, -0.2) is 0 Å². The van der Waals surface area contributed by atoms with Crippen molar-refractivity contribution in [1.82, 2.24) is 0 Å². The minimum absolute atomic E-state index is 0. The van der Waals surface area contributed by atoms with E-state index in [9.17, 15) is 0 Å². The van der Waals surface area contributed by atoms with Crippen molar-refractivity contribution in [3.8, 4) is 11.1 Å². The molecule has 3 unspecified atom stereocenters. The zero-order chi connectivity index (χ0) is 29.6. The molecule has 6 aromatic rings. The second-order valence-corrected chi connectivity index (χ2v) is 18.8. The Morgan fingerprint density at radius 3 is 1.67 bits per heavy atom. The van der Waals surface area contributed by atoms with Crippen LogP contribution in [0.15, 0.2) is 155 Å². The maximum absolute atomic E-state index is 2.73. The van der Waals surface area contributed by atoms with Crippen LogP contribution in [0, 0.1) is 0 Å². The summed E-state index contributed by atoms with van der Waals surface area (Å²) in [4.78, 5) is 0. The van der Waals surface area contributed by atoms with Crippen LogP contribution in [0.25, 0.3) is 32.7 Å². The van der Waals surface area contributed by atoms with Crippen molar-refractivity contribution in [2.24, 2.45) is 0 Å². The van der Waals surface area contributed by atoms with Crippen LogP contribution >= 0.6 is 24.8 Å². The molecular formula is C43H38Cl2Zr. The predicted molar refractivity (Wildman–Crippen MR) is 200 cm³/mol. The average molecular weight is 717 g/mol. The van der Waals surface area contributed by atoms with E-state index in [2.05, 4.69) is 166 Å². The van der Waals surface area contributed by atoms with Crippen LogP contribution in [0.4, 0.5) is 0 Å². The van der Waals surface area contributed by atoms with Gasteiger partial charge in [-0.05, 0) is 0 Å². The number of hydrogen-bond donors (Lipinski definition) is 0. The summed E-state index contributed by atoms with van der Waals surface area (Å²) >= 11 is -2.73. The summed E-state index contributed by atoms with van der Waals surface area (Å²) in [5.41, 5.74) is 8.92. The summed E-state index contributed by atoms with van der Waals surface area (Å²) in [6, 6.07) is 50.3. The molecule has 0 saturated heterocycles. The van der Waals surface area contributed by atoms with E-state index in [-0.39, 0.29) is 24.8 Å². The van der Waals surface area contributed by atoms with Crippen molar-refractivity contribution < 1.29 is 21.3 Å². The average Bonchev–Trinajstić information content (AvgIpc) is 3.75. The first-order chi connectivity index (χ1) is 21.7. The van der Waals surface area contributed by atoms with E-state index < -0.39 is 21.3 Å². The van der Waals surface area contributed by atoms with Gasteiger partial charge in [-0.2, -0.15) is 0 Å². The van der Waals surface area contributed by atoms with E-state index in [0.29, 0.717) is 15.5 Å².